The van der Waals surface area contributed by atoms with Crippen LogP contribution in [0.2, 0.25) is 0 Å². The first-order valence-corrected chi connectivity index (χ1v) is 19.4. The lowest BCUT2D eigenvalue weighted by Crippen LogP contribution is -2.25. The summed E-state index contributed by atoms with van der Waals surface area (Å²) >= 11 is 0. The van der Waals surface area contributed by atoms with E-state index >= 15 is 0 Å². The number of hydrogen-bond donors (Lipinski definition) is 4. The molecule has 3 aromatic carbocycles. The second-order valence-electron chi connectivity index (χ2n) is 15.1. The van der Waals surface area contributed by atoms with Gasteiger partial charge in [-0.3, -0.25) is 38.9 Å². The van der Waals surface area contributed by atoms with Crippen molar-refractivity contribution in [1.29, 1.82) is 0 Å². The summed E-state index contributed by atoms with van der Waals surface area (Å²) in [4.78, 5) is 57.6. The zero-order valence-electron chi connectivity index (χ0n) is 31.7. The standard InChI is InChI=1S/C45H40N8O5/c1-26(54)53-25-40(35-21-33(17-18-39(35)53)28-7-5-27(6-8-28)20-43(55)47-41-23-37(49-51-41)31-13-14-31)58-44(56)22-34(45(57)48-42-24-38(50-52-42)32-15-16-32)29-9-11-30(12-10-29)36-4-2-3-19-46-36/h2-12,17-19,21,23-25,31-32,34H,13-16,20,22H2,1H3,(H2,47,49,51,55)(H2,48,50,52,57). The zero-order valence-corrected chi connectivity index (χ0v) is 31.7. The molecule has 2 amide bonds. The largest absolute Gasteiger partial charge is 0.424 e. The number of anilines is 2. The number of nitrogens with zero attached hydrogens (tertiary/aromatic N) is 4. The van der Waals surface area contributed by atoms with Gasteiger partial charge in [0.25, 0.3) is 0 Å². The van der Waals surface area contributed by atoms with E-state index in [0.29, 0.717) is 39.9 Å². The summed E-state index contributed by atoms with van der Waals surface area (Å²) in [5, 5.41) is 20.8. The third-order valence-electron chi connectivity index (χ3n) is 10.7. The molecule has 9 rings (SSSR count). The summed E-state index contributed by atoms with van der Waals surface area (Å²) in [6.45, 7) is 1.44. The number of esters is 1. The van der Waals surface area contributed by atoms with E-state index in [1.54, 1.807) is 6.20 Å². The normalized spacial score (nSPS) is 14.2. The van der Waals surface area contributed by atoms with Crippen LogP contribution in [0.15, 0.2) is 109 Å². The van der Waals surface area contributed by atoms with E-state index in [9.17, 15) is 19.2 Å². The Morgan fingerprint density at radius 1 is 0.776 bits per heavy atom. The number of aromatic nitrogens is 6. The van der Waals surface area contributed by atoms with Gasteiger partial charge in [0, 0.05) is 59.4 Å². The van der Waals surface area contributed by atoms with E-state index in [1.807, 2.05) is 97.1 Å². The number of nitrogens with one attached hydrogen (secondary N) is 4. The molecule has 0 saturated heterocycles. The molecular formula is C45H40N8O5. The van der Waals surface area contributed by atoms with Crippen LogP contribution in [0.5, 0.6) is 5.75 Å². The Morgan fingerprint density at radius 3 is 2.07 bits per heavy atom. The van der Waals surface area contributed by atoms with Crippen molar-refractivity contribution in [3.05, 3.63) is 132 Å². The predicted octanol–water partition coefficient (Wildman–Crippen LogP) is 8.13. The number of carbonyl (C=O) groups excluding carboxylic acids is 4. The highest BCUT2D eigenvalue weighted by atomic mass is 16.5. The quantitative estimate of drug-likeness (QED) is 0.0850. The number of rotatable bonds is 13. The molecule has 13 heteroatoms. The Bertz CT molecular complexity index is 2650. The predicted molar refractivity (Wildman–Crippen MR) is 218 cm³/mol. The number of benzene rings is 3. The Morgan fingerprint density at radius 2 is 1.43 bits per heavy atom. The molecule has 1 unspecified atom stereocenters. The number of H-pyrrole nitrogens is 2. The average molecular weight is 773 g/mol. The zero-order chi connectivity index (χ0) is 39.8. The first-order chi connectivity index (χ1) is 28.2. The number of aromatic amines is 2. The van der Waals surface area contributed by atoms with E-state index in [4.69, 9.17) is 4.74 Å². The summed E-state index contributed by atoms with van der Waals surface area (Å²) in [7, 11) is 0. The molecule has 4 aromatic heterocycles. The minimum absolute atomic E-state index is 0.162. The number of ether oxygens (including phenoxy) is 1. The highest BCUT2D eigenvalue weighted by molar-refractivity contribution is 6.00. The van der Waals surface area contributed by atoms with E-state index in [2.05, 4.69) is 36.0 Å². The van der Waals surface area contributed by atoms with Crippen LogP contribution >= 0.6 is 0 Å². The summed E-state index contributed by atoms with van der Waals surface area (Å²) in [5.41, 5.74) is 7.38. The fourth-order valence-electron chi connectivity index (χ4n) is 7.24. The van der Waals surface area contributed by atoms with Gasteiger partial charge in [-0.25, -0.2) is 0 Å². The summed E-state index contributed by atoms with van der Waals surface area (Å²) in [5.74, 6) is -0.342. The molecule has 7 aromatic rings. The SMILES string of the molecule is CC(=O)n1cc(OC(=O)CC(C(=O)Nc2cc(C3CC3)[nH]n2)c2ccc(-c3ccccn3)cc2)c2cc(-c3ccc(CC(=O)Nc4cc(C5CC5)[nH]n4)cc3)ccc21. The van der Waals surface area contributed by atoms with Crippen molar-refractivity contribution in [3.63, 3.8) is 0 Å². The fourth-order valence-corrected chi connectivity index (χ4v) is 7.24. The molecule has 13 nitrogen and oxygen atoms in total. The molecule has 4 heterocycles. The lowest BCUT2D eigenvalue weighted by molar-refractivity contribution is -0.136. The van der Waals surface area contributed by atoms with Crippen molar-refractivity contribution >= 4 is 46.2 Å². The topological polar surface area (TPSA) is 177 Å². The van der Waals surface area contributed by atoms with Gasteiger partial charge in [0.1, 0.15) is 0 Å². The number of hydrogen-bond acceptors (Lipinski definition) is 8. The maximum Gasteiger partial charge on any atom is 0.312 e. The van der Waals surface area contributed by atoms with Crippen LogP contribution in [0.4, 0.5) is 11.6 Å². The second-order valence-corrected chi connectivity index (χ2v) is 15.1. The van der Waals surface area contributed by atoms with Gasteiger partial charge in [-0.2, -0.15) is 10.2 Å². The summed E-state index contributed by atoms with van der Waals surface area (Å²) < 4.78 is 7.43. The molecule has 0 spiro atoms. The van der Waals surface area contributed by atoms with Crippen molar-refractivity contribution in [3.8, 4) is 28.1 Å². The van der Waals surface area contributed by atoms with Crippen LogP contribution in [0, 0.1) is 0 Å². The maximum absolute atomic E-state index is 13.9. The third kappa shape index (κ3) is 8.05. The van der Waals surface area contributed by atoms with Crippen LogP contribution < -0.4 is 15.4 Å². The number of fused-ring (bicyclic) bond motifs is 1. The molecule has 2 aliphatic rings. The number of amides is 2. The molecule has 2 fully saturated rings. The molecule has 0 bridgehead atoms. The molecule has 2 aliphatic carbocycles. The monoisotopic (exact) mass is 772 g/mol. The Balaban J connectivity index is 0.932. The van der Waals surface area contributed by atoms with Crippen LogP contribution in [0.25, 0.3) is 33.3 Å². The average Bonchev–Trinajstić information content (AvgIpc) is 4.15. The fraction of sp³-hybridized carbons (Fsp3) is 0.222. The van der Waals surface area contributed by atoms with Gasteiger partial charge < -0.3 is 15.4 Å². The van der Waals surface area contributed by atoms with Crippen molar-refractivity contribution in [1.82, 2.24) is 29.9 Å². The van der Waals surface area contributed by atoms with Gasteiger partial charge in [0.15, 0.2) is 17.4 Å². The lowest BCUT2D eigenvalue weighted by Gasteiger charge is -2.16. The van der Waals surface area contributed by atoms with Gasteiger partial charge in [0.2, 0.25) is 17.7 Å². The van der Waals surface area contributed by atoms with Crippen molar-refractivity contribution in [2.24, 2.45) is 0 Å². The molecular weight excluding hydrogens is 733 g/mol. The number of carbonyl (C=O) groups is 4. The van der Waals surface area contributed by atoms with Crippen LogP contribution in [-0.4, -0.2) is 53.6 Å². The molecule has 4 N–H and O–H groups in total. The van der Waals surface area contributed by atoms with E-state index in [0.717, 1.165) is 65.0 Å². The first kappa shape index (κ1) is 36.5. The number of pyridine rings is 1. The molecule has 290 valence electrons. The van der Waals surface area contributed by atoms with Gasteiger partial charge in [0.05, 0.1) is 36.2 Å². The minimum atomic E-state index is -0.914. The van der Waals surface area contributed by atoms with Crippen LogP contribution in [0.1, 0.15) is 84.1 Å². The highest BCUT2D eigenvalue weighted by Gasteiger charge is 2.29. The van der Waals surface area contributed by atoms with Gasteiger partial charge >= 0.3 is 5.97 Å². The van der Waals surface area contributed by atoms with Gasteiger partial charge in [-0.15, -0.1) is 0 Å². The van der Waals surface area contributed by atoms with Gasteiger partial charge in [-0.05, 0) is 72.2 Å². The minimum Gasteiger partial charge on any atom is -0.424 e. The maximum atomic E-state index is 13.9. The molecule has 1 atom stereocenters. The summed E-state index contributed by atoms with van der Waals surface area (Å²) in [6, 6.07) is 30.0. The molecule has 0 radical (unpaired) electrons. The summed E-state index contributed by atoms with van der Waals surface area (Å²) in [6.07, 6.45) is 7.56. The van der Waals surface area contributed by atoms with E-state index in [-0.39, 0.29) is 30.4 Å². The second kappa shape index (κ2) is 15.4. The van der Waals surface area contributed by atoms with E-state index in [1.165, 1.54) is 17.7 Å². The first-order valence-electron chi connectivity index (χ1n) is 19.4. The van der Waals surface area contributed by atoms with E-state index < -0.39 is 17.8 Å². The Kier molecular flexibility index (Phi) is 9.70. The van der Waals surface area contributed by atoms with Crippen molar-refractivity contribution < 1.29 is 23.9 Å². The third-order valence-corrected chi connectivity index (χ3v) is 10.7. The lowest BCUT2D eigenvalue weighted by atomic mass is 9.93. The van der Waals surface area contributed by atoms with Crippen molar-refractivity contribution in [2.45, 2.75) is 63.2 Å². The Labute approximate surface area is 333 Å². The highest BCUT2D eigenvalue weighted by Crippen LogP contribution is 2.40. The molecule has 2 saturated carbocycles. The van der Waals surface area contributed by atoms with Crippen LogP contribution in [0.3, 0.4) is 0 Å². The van der Waals surface area contributed by atoms with Crippen LogP contribution in [-0.2, 0) is 20.8 Å². The molecule has 58 heavy (non-hydrogen) atoms. The van der Waals surface area contributed by atoms with Crippen molar-refractivity contribution in [2.75, 3.05) is 10.6 Å². The smallest absolute Gasteiger partial charge is 0.312 e. The Hall–Kier alpha value is -7.15. The van der Waals surface area contributed by atoms with Gasteiger partial charge in [-0.1, -0.05) is 60.7 Å². The molecule has 0 aliphatic heterocycles.